The second-order valence-electron chi connectivity index (χ2n) is 4.31. The maximum atomic E-state index is 5.74. The first-order chi connectivity index (χ1) is 8.35. The largest absolute Gasteiger partial charge is 0.488 e. The molecule has 0 spiro atoms. The lowest BCUT2D eigenvalue weighted by atomic mass is 10.1. The normalized spacial score (nSPS) is 18.2. The van der Waals surface area contributed by atoms with Crippen molar-refractivity contribution in [1.29, 1.82) is 0 Å². The second-order valence-corrected chi connectivity index (χ2v) is 4.31. The molecule has 1 aliphatic heterocycles. The van der Waals surface area contributed by atoms with Crippen molar-refractivity contribution in [3.63, 3.8) is 0 Å². The Hall–Kier alpha value is -1.06. The van der Waals surface area contributed by atoms with Gasteiger partial charge in [0.15, 0.2) is 0 Å². The molecule has 0 aromatic heterocycles. The van der Waals surface area contributed by atoms with E-state index in [1.807, 2.05) is 30.3 Å². The van der Waals surface area contributed by atoms with E-state index < -0.39 is 5.79 Å². The fourth-order valence-corrected chi connectivity index (χ4v) is 1.95. The maximum absolute atomic E-state index is 5.74. The predicted molar refractivity (Wildman–Crippen MR) is 66.1 cm³/mol. The number of unbranched alkanes of at least 4 members (excludes halogenated alkanes) is 1. The highest BCUT2D eigenvalue weighted by atomic mass is 16.8. The van der Waals surface area contributed by atoms with Gasteiger partial charge in [-0.15, -0.1) is 0 Å². The van der Waals surface area contributed by atoms with Gasteiger partial charge in [-0.2, -0.15) is 0 Å². The number of rotatable bonds is 6. The van der Waals surface area contributed by atoms with Crippen molar-refractivity contribution in [2.45, 2.75) is 32.0 Å². The molecule has 0 unspecified atom stereocenters. The van der Waals surface area contributed by atoms with E-state index in [-0.39, 0.29) is 0 Å². The van der Waals surface area contributed by atoms with Gasteiger partial charge in [0.05, 0.1) is 13.2 Å². The summed E-state index contributed by atoms with van der Waals surface area (Å²) in [5, 5.41) is 0. The van der Waals surface area contributed by atoms with Gasteiger partial charge in [0, 0.05) is 6.42 Å². The Morgan fingerprint density at radius 3 is 2.53 bits per heavy atom. The number of para-hydroxylation sites is 1. The molecule has 1 aromatic rings. The fourth-order valence-electron chi connectivity index (χ4n) is 1.95. The van der Waals surface area contributed by atoms with E-state index in [9.17, 15) is 0 Å². The summed E-state index contributed by atoms with van der Waals surface area (Å²) < 4.78 is 17.2. The molecule has 1 aromatic carbocycles. The van der Waals surface area contributed by atoms with E-state index in [1.54, 1.807) is 0 Å². The Bertz CT molecular complexity index is 317. The van der Waals surface area contributed by atoms with Crippen LogP contribution in [-0.4, -0.2) is 25.6 Å². The van der Waals surface area contributed by atoms with Crippen LogP contribution in [0.4, 0.5) is 0 Å². The molecule has 2 rings (SSSR count). The molecule has 3 heteroatoms. The first kappa shape index (κ1) is 12.4. The Kier molecular flexibility index (Phi) is 4.40. The van der Waals surface area contributed by atoms with Crippen LogP contribution in [0, 0.1) is 0 Å². The molecule has 17 heavy (non-hydrogen) atoms. The number of hydrogen-bond acceptors (Lipinski definition) is 3. The van der Waals surface area contributed by atoms with Crippen molar-refractivity contribution >= 4 is 0 Å². The molecule has 0 N–H and O–H groups in total. The van der Waals surface area contributed by atoms with Crippen LogP contribution in [0.3, 0.4) is 0 Å². The summed E-state index contributed by atoms with van der Waals surface area (Å²) in [6.07, 6.45) is 3.13. The van der Waals surface area contributed by atoms with Crippen molar-refractivity contribution in [1.82, 2.24) is 0 Å². The number of hydrogen-bond donors (Lipinski definition) is 0. The van der Waals surface area contributed by atoms with Crippen molar-refractivity contribution < 1.29 is 14.2 Å². The van der Waals surface area contributed by atoms with Gasteiger partial charge in [-0.3, -0.25) is 0 Å². The molecule has 0 bridgehead atoms. The zero-order chi connectivity index (χ0) is 12.0. The van der Waals surface area contributed by atoms with Crippen LogP contribution in [0.25, 0.3) is 0 Å². The molecule has 0 amide bonds. The Morgan fingerprint density at radius 2 is 1.88 bits per heavy atom. The molecule has 94 valence electrons. The van der Waals surface area contributed by atoms with Crippen LogP contribution in [-0.2, 0) is 9.47 Å². The van der Waals surface area contributed by atoms with E-state index in [1.165, 1.54) is 0 Å². The maximum Gasteiger partial charge on any atom is 0.203 e. The molecule has 0 saturated carbocycles. The summed E-state index contributed by atoms with van der Waals surface area (Å²) in [6.45, 7) is 3.97. The summed E-state index contributed by atoms with van der Waals surface area (Å²) >= 11 is 0. The molecular formula is C14H20O3. The predicted octanol–water partition coefficient (Wildman–Crippen LogP) is 3.00. The van der Waals surface area contributed by atoms with Crippen molar-refractivity contribution in [3.05, 3.63) is 30.3 Å². The zero-order valence-corrected chi connectivity index (χ0v) is 10.4. The first-order valence-electron chi connectivity index (χ1n) is 6.30. The summed E-state index contributed by atoms with van der Waals surface area (Å²) in [6, 6.07) is 9.79. The van der Waals surface area contributed by atoms with Gasteiger partial charge >= 0.3 is 0 Å². The van der Waals surface area contributed by atoms with Gasteiger partial charge in [0.2, 0.25) is 5.79 Å². The molecule has 1 fully saturated rings. The SMILES string of the molecule is CCCCC1(COc2ccccc2)OCCO1. The monoisotopic (exact) mass is 236 g/mol. The molecule has 1 aliphatic rings. The van der Waals surface area contributed by atoms with Gasteiger partial charge in [-0.25, -0.2) is 0 Å². The summed E-state index contributed by atoms with van der Waals surface area (Å²) in [5.41, 5.74) is 0. The smallest absolute Gasteiger partial charge is 0.203 e. The van der Waals surface area contributed by atoms with Gasteiger partial charge in [0.1, 0.15) is 12.4 Å². The molecule has 0 radical (unpaired) electrons. The zero-order valence-electron chi connectivity index (χ0n) is 10.4. The van der Waals surface area contributed by atoms with Crippen molar-refractivity contribution in [2.24, 2.45) is 0 Å². The van der Waals surface area contributed by atoms with Gasteiger partial charge in [-0.05, 0) is 18.6 Å². The lowest BCUT2D eigenvalue weighted by Crippen LogP contribution is -2.37. The summed E-state index contributed by atoms with van der Waals surface area (Å²) in [5.74, 6) is 0.341. The Balaban J connectivity index is 1.89. The highest BCUT2D eigenvalue weighted by Gasteiger charge is 2.36. The minimum atomic E-state index is -0.522. The number of benzene rings is 1. The van der Waals surface area contributed by atoms with Crippen LogP contribution in [0.15, 0.2) is 30.3 Å². The van der Waals surface area contributed by atoms with Crippen LogP contribution in [0.2, 0.25) is 0 Å². The fraction of sp³-hybridized carbons (Fsp3) is 0.571. The first-order valence-corrected chi connectivity index (χ1v) is 6.30. The minimum Gasteiger partial charge on any atom is -0.488 e. The lowest BCUT2D eigenvalue weighted by molar-refractivity contribution is -0.182. The lowest BCUT2D eigenvalue weighted by Gasteiger charge is -2.27. The highest BCUT2D eigenvalue weighted by Crippen LogP contribution is 2.26. The van der Waals surface area contributed by atoms with E-state index in [0.29, 0.717) is 19.8 Å². The van der Waals surface area contributed by atoms with Gasteiger partial charge < -0.3 is 14.2 Å². The third kappa shape index (κ3) is 3.45. The van der Waals surface area contributed by atoms with E-state index in [2.05, 4.69) is 6.92 Å². The molecule has 1 saturated heterocycles. The van der Waals surface area contributed by atoms with Crippen molar-refractivity contribution in [3.8, 4) is 5.75 Å². The minimum absolute atomic E-state index is 0.469. The third-order valence-electron chi connectivity index (χ3n) is 2.93. The quantitative estimate of drug-likeness (QED) is 0.760. The van der Waals surface area contributed by atoms with E-state index >= 15 is 0 Å². The number of ether oxygens (including phenoxy) is 3. The van der Waals surface area contributed by atoms with Crippen LogP contribution in [0.1, 0.15) is 26.2 Å². The molecule has 1 heterocycles. The van der Waals surface area contributed by atoms with Gasteiger partial charge in [0.25, 0.3) is 0 Å². The Labute approximate surface area is 103 Å². The highest BCUT2D eigenvalue weighted by molar-refractivity contribution is 5.21. The molecular weight excluding hydrogens is 216 g/mol. The second kappa shape index (κ2) is 6.03. The third-order valence-corrected chi connectivity index (χ3v) is 2.93. The van der Waals surface area contributed by atoms with Crippen LogP contribution in [0.5, 0.6) is 5.75 Å². The molecule has 3 nitrogen and oxygen atoms in total. The topological polar surface area (TPSA) is 27.7 Å². The van der Waals surface area contributed by atoms with Gasteiger partial charge in [-0.1, -0.05) is 31.5 Å². The summed E-state index contributed by atoms with van der Waals surface area (Å²) in [7, 11) is 0. The average molecular weight is 236 g/mol. The standard InChI is InChI=1S/C14H20O3/c1-2-3-9-14(16-10-11-17-14)12-15-13-7-5-4-6-8-13/h4-8H,2-3,9-12H2,1H3. The molecule has 0 aliphatic carbocycles. The van der Waals surface area contributed by atoms with E-state index in [0.717, 1.165) is 25.0 Å². The van der Waals surface area contributed by atoms with E-state index in [4.69, 9.17) is 14.2 Å². The van der Waals surface area contributed by atoms with Crippen LogP contribution < -0.4 is 4.74 Å². The molecule has 0 atom stereocenters. The Morgan fingerprint density at radius 1 is 1.18 bits per heavy atom. The average Bonchev–Trinajstić information content (AvgIpc) is 2.85. The van der Waals surface area contributed by atoms with Crippen LogP contribution >= 0.6 is 0 Å². The summed E-state index contributed by atoms with van der Waals surface area (Å²) in [4.78, 5) is 0. The van der Waals surface area contributed by atoms with Crippen molar-refractivity contribution in [2.75, 3.05) is 19.8 Å².